The van der Waals surface area contributed by atoms with Crippen LogP contribution in [0.15, 0.2) is 12.1 Å². The van der Waals surface area contributed by atoms with E-state index in [1.54, 1.807) is 12.1 Å². The molecule has 0 fully saturated rings. The van der Waals surface area contributed by atoms with Gasteiger partial charge in [0.1, 0.15) is 5.75 Å². The molecule has 0 bridgehead atoms. The first kappa shape index (κ1) is 18.8. The Morgan fingerprint density at radius 3 is 1.86 bits per heavy atom. The summed E-state index contributed by atoms with van der Waals surface area (Å²) in [6.07, 6.45) is 1.64. The number of rotatable bonds is 8. The molecule has 0 saturated heterocycles. The second-order valence-electron chi connectivity index (χ2n) is 5.70. The van der Waals surface area contributed by atoms with Crippen molar-refractivity contribution in [3.63, 3.8) is 0 Å². The van der Waals surface area contributed by atoms with Crippen LogP contribution in [0.3, 0.4) is 0 Å². The van der Waals surface area contributed by atoms with Crippen LogP contribution in [0.1, 0.15) is 43.9 Å². The highest BCUT2D eigenvalue weighted by Gasteiger charge is 2.20. The fraction of sp³-hybridized carbons (Fsp3) is 0.600. The molecular formula is C15H26N2O5. The van der Waals surface area contributed by atoms with Gasteiger partial charge < -0.3 is 25.5 Å². The third-order valence-electron chi connectivity index (χ3n) is 3.22. The first-order valence-electron chi connectivity index (χ1n) is 7.25. The van der Waals surface area contributed by atoms with Crippen LogP contribution in [0.25, 0.3) is 0 Å². The Bertz CT molecular complexity index is 492. The van der Waals surface area contributed by atoms with E-state index in [0.29, 0.717) is 11.1 Å². The lowest BCUT2D eigenvalue weighted by molar-refractivity contribution is -0.172. The molecule has 0 atom stereocenters. The Hall–Kier alpha value is -1.22. The summed E-state index contributed by atoms with van der Waals surface area (Å²) in [5.74, 6) is -4.10. The van der Waals surface area contributed by atoms with Gasteiger partial charge in [-0.15, -0.1) is 0 Å². The molecule has 0 saturated carbocycles. The number of aromatic hydroxyl groups is 1. The highest BCUT2D eigenvalue weighted by Crippen LogP contribution is 2.26. The minimum Gasteiger partial charge on any atom is -0.508 e. The zero-order chi connectivity index (χ0) is 17.0. The predicted octanol–water partition coefficient (Wildman–Crippen LogP) is -0.159. The lowest BCUT2D eigenvalue weighted by atomic mass is 9.96. The van der Waals surface area contributed by atoms with Crippen molar-refractivity contribution in [2.45, 2.75) is 58.5 Å². The molecule has 0 aromatic heterocycles. The van der Waals surface area contributed by atoms with E-state index >= 15 is 0 Å². The van der Waals surface area contributed by atoms with Gasteiger partial charge in [0.2, 0.25) is 11.8 Å². The quantitative estimate of drug-likeness (QED) is 0.332. The van der Waals surface area contributed by atoms with E-state index in [1.165, 1.54) is 13.8 Å². The minimum absolute atomic E-state index is 0.00554. The zero-order valence-corrected chi connectivity index (χ0v) is 13.2. The summed E-state index contributed by atoms with van der Waals surface area (Å²) >= 11 is 0. The molecule has 0 heterocycles. The Balaban J connectivity index is 3.11. The molecule has 1 rings (SSSR count). The Morgan fingerprint density at radius 1 is 0.909 bits per heavy atom. The Labute approximate surface area is 130 Å². The number of phenols is 1. The third-order valence-corrected chi connectivity index (χ3v) is 3.22. The number of hydrogen-bond acceptors (Lipinski definition) is 7. The van der Waals surface area contributed by atoms with Crippen molar-refractivity contribution in [3.8, 4) is 5.75 Å². The molecule has 126 valence electrons. The molecule has 0 aliphatic carbocycles. The molecule has 0 unspecified atom stereocenters. The summed E-state index contributed by atoms with van der Waals surface area (Å²) in [4.78, 5) is 0. The number of phenolic OH excluding ortho intramolecular Hbond substituents is 1. The molecule has 22 heavy (non-hydrogen) atoms. The van der Waals surface area contributed by atoms with Crippen LogP contribution >= 0.6 is 0 Å². The van der Waals surface area contributed by atoms with Crippen LogP contribution in [0.5, 0.6) is 5.75 Å². The number of hydrogen-bond donors (Lipinski definition) is 7. The monoisotopic (exact) mass is 314 g/mol. The number of aryl methyl sites for hydroxylation is 1. The van der Waals surface area contributed by atoms with Crippen molar-refractivity contribution in [2.24, 2.45) is 0 Å². The van der Waals surface area contributed by atoms with E-state index in [1.807, 2.05) is 6.92 Å². The van der Waals surface area contributed by atoms with Crippen molar-refractivity contribution >= 4 is 0 Å². The second kappa shape index (κ2) is 7.36. The number of nitrogens with one attached hydrogen (secondary N) is 2. The molecule has 0 spiro atoms. The number of benzene rings is 1. The summed E-state index contributed by atoms with van der Waals surface area (Å²) in [5, 5.41) is 52.6. The van der Waals surface area contributed by atoms with Crippen molar-refractivity contribution in [1.82, 2.24) is 10.6 Å². The molecular weight excluding hydrogens is 288 g/mol. The van der Waals surface area contributed by atoms with Crippen LogP contribution in [0.2, 0.25) is 0 Å². The molecule has 0 amide bonds. The van der Waals surface area contributed by atoms with Gasteiger partial charge in [0.05, 0.1) is 0 Å². The van der Waals surface area contributed by atoms with Crippen LogP contribution in [-0.2, 0) is 19.5 Å². The summed E-state index contributed by atoms with van der Waals surface area (Å²) in [6, 6.07) is 3.33. The Morgan fingerprint density at radius 2 is 1.41 bits per heavy atom. The average Bonchev–Trinajstić information content (AvgIpc) is 2.35. The predicted molar refractivity (Wildman–Crippen MR) is 81.5 cm³/mol. The molecule has 7 N–H and O–H groups in total. The van der Waals surface area contributed by atoms with Gasteiger partial charge in [0.15, 0.2) is 0 Å². The van der Waals surface area contributed by atoms with Crippen molar-refractivity contribution in [3.05, 3.63) is 28.8 Å². The van der Waals surface area contributed by atoms with Gasteiger partial charge in [-0.1, -0.05) is 19.4 Å². The summed E-state index contributed by atoms with van der Waals surface area (Å²) in [6.45, 7) is 4.54. The first-order chi connectivity index (χ1) is 10.0. The van der Waals surface area contributed by atoms with Gasteiger partial charge in [-0.3, -0.25) is 10.6 Å². The highest BCUT2D eigenvalue weighted by atomic mass is 16.5. The normalized spacial score (nSPS) is 12.7. The van der Waals surface area contributed by atoms with E-state index in [4.69, 9.17) is 0 Å². The van der Waals surface area contributed by atoms with E-state index in [0.717, 1.165) is 18.4 Å². The maximum absolute atomic E-state index is 10.1. The number of aliphatic hydroxyl groups is 4. The molecule has 1 aromatic carbocycles. The van der Waals surface area contributed by atoms with Gasteiger partial charge in [-0.05, 0) is 23.6 Å². The van der Waals surface area contributed by atoms with Crippen LogP contribution in [-0.4, -0.2) is 37.4 Å². The molecule has 0 aliphatic rings. The molecule has 0 aliphatic heterocycles. The van der Waals surface area contributed by atoms with Crippen LogP contribution in [0, 0.1) is 0 Å². The van der Waals surface area contributed by atoms with Gasteiger partial charge in [-0.2, -0.15) is 0 Å². The SMILES string of the molecule is CCCc1ccc(O)c(CNC(C)(O)O)c1CNC(C)(O)O. The molecule has 7 heteroatoms. The molecule has 0 radical (unpaired) electrons. The maximum Gasteiger partial charge on any atom is 0.219 e. The topological polar surface area (TPSA) is 125 Å². The minimum atomic E-state index is -2.07. The van der Waals surface area contributed by atoms with Crippen LogP contribution < -0.4 is 10.6 Å². The van der Waals surface area contributed by atoms with E-state index < -0.39 is 11.8 Å². The summed E-state index contributed by atoms with van der Waals surface area (Å²) in [5.41, 5.74) is 2.14. The molecule has 1 aromatic rings. The van der Waals surface area contributed by atoms with Crippen molar-refractivity contribution < 1.29 is 25.5 Å². The van der Waals surface area contributed by atoms with Gasteiger partial charge in [0, 0.05) is 32.5 Å². The fourth-order valence-corrected chi connectivity index (χ4v) is 2.16. The first-order valence-corrected chi connectivity index (χ1v) is 7.25. The van der Waals surface area contributed by atoms with Crippen molar-refractivity contribution in [1.29, 1.82) is 0 Å². The van der Waals surface area contributed by atoms with Crippen molar-refractivity contribution in [2.75, 3.05) is 0 Å². The van der Waals surface area contributed by atoms with Gasteiger partial charge >= 0.3 is 0 Å². The summed E-state index contributed by atoms with van der Waals surface area (Å²) < 4.78 is 0. The largest absolute Gasteiger partial charge is 0.508 e. The smallest absolute Gasteiger partial charge is 0.219 e. The molecule has 7 nitrogen and oxygen atoms in total. The summed E-state index contributed by atoms with van der Waals surface area (Å²) in [7, 11) is 0. The second-order valence-corrected chi connectivity index (χ2v) is 5.70. The standard InChI is InChI=1S/C15H26N2O5/c1-4-5-10-6-7-13(18)12(9-17-15(3,21)22)11(10)8-16-14(2,19)20/h6-7,16-22H,4-5,8-9H2,1-3H3. The van der Waals surface area contributed by atoms with Crippen LogP contribution in [0.4, 0.5) is 0 Å². The van der Waals surface area contributed by atoms with Gasteiger partial charge in [0.25, 0.3) is 0 Å². The third kappa shape index (κ3) is 6.27. The Kier molecular flexibility index (Phi) is 6.30. The lowest BCUT2D eigenvalue weighted by Gasteiger charge is -2.23. The average molecular weight is 314 g/mol. The van der Waals surface area contributed by atoms with E-state index in [-0.39, 0.29) is 18.8 Å². The highest BCUT2D eigenvalue weighted by molar-refractivity contribution is 5.44. The van der Waals surface area contributed by atoms with Gasteiger partial charge in [-0.25, -0.2) is 0 Å². The van der Waals surface area contributed by atoms with E-state index in [2.05, 4.69) is 10.6 Å². The van der Waals surface area contributed by atoms with E-state index in [9.17, 15) is 25.5 Å². The zero-order valence-electron chi connectivity index (χ0n) is 13.2. The lowest BCUT2D eigenvalue weighted by Crippen LogP contribution is -2.43. The maximum atomic E-state index is 10.1. The fourth-order valence-electron chi connectivity index (χ4n) is 2.16.